The number of hydrogen-bond donors (Lipinski definition) is 2. The summed E-state index contributed by atoms with van der Waals surface area (Å²) in [4.78, 5) is 26.6. The molecule has 0 bridgehead atoms. The molecule has 0 unspecified atom stereocenters. The number of carbonyl (C=O) groups is 2. The normalized spacial score (nSPS) is 19.9. The number of ether oxygens (including phenoxy) is 1. The Morgan fingerprint density at radius 3 is 2.23 bits per heavy atom. The van der Waals surface area contributed by atoms with Crippen LogP contribution in [0.2, 0.25) is 0 Å². The Kier molecular flexibility index (Phi) is 6.17. The first-order valence-corrected chi connectivity index (χ1v) is 10.2. The van der Waals surface area contributed by atoms with E-state index >= 15 is 0 Å². The van der Waals surface area contributed by atoms with E-state index in [1.807, 2.05) is 56.3 Å². The number of nitrogens with zero attached hydrogens (tertiary/aromatic N) is 1. The van der Waals surface area contributed by atoms with Gasteiger partial charge in [-0.05, 0) is 48.9 Å². The van der Waals surface area contributed by atoms with Crippen molar-refractivity contribution in [2.75, 3.05) is 13.2 Å². The average molecular weight is 411 g/mol. The quantitative estimate of drug-likeness (QED) is 0.683. The molecule has 1 fully saturated rings. The molecule has 2 atom stereocenters. The first-order chi connectivity index (χ1) is 14.1. The number of aliphatic hydroxyl groups excluding tert-OH is 1. The van der Waals surface area contributed by atoms with Gasteiger partial charge in [0, 0.05) is 0 Å². The molecule has 30 heavy (non-hydrogen) atoms. The van der Waals surface area contributed by atoms with E-state index in [1.54, 1.807) is 6.92 Å². The maximum Gasteiger partial charge on any atom is 0.325 e. The van der Waals surface area contributed by atoms with Crippen LogP contribution in [0.1, 0.15) is 48.9 Å². The fourth-order valence-electron chi connectivity index (χ4n) is 3.73. The van der Waals surface area contributed by atoms with Crippen LogP contribution in [0.25, 0.3) is 0 Å². The molecule has 1 aliphatic heterocycles. The van der Waals surface area contributed by atoms with Gasteiger partial charge in [0.05, 0.1) is 6.54 Å². The topological polar surface area (TPSA) is 78.9 Å². The first kappa shape index (κ1) is 21.8. The number of para-hydroxylation sites is 1. The SMILES string of the molecule is Cc1cccc(C)c1OC[C@@H](O)CN1C(=O)N[C@@](C)(c2ccc(C(C)C)cc2)C1=O. The Labute approximate surface area is 177 Å². The lowest BCUT2D eigenvalue weighted by Gasteiger charge is -2.24. The smallest absolute Gasteiger partial charge is 0.325 e. The largest absolute Gasteiger partial charge is 0.490 e. The van der Waals surface area contributed by atoms with E-state index in [9.17, 15) is 14.7 Å². The lowest BCUT2D eigenvalue weighted by molar-refractivity contribution is -0.132. The van der Waals surface area contributed by atoms with Gasteiger partial charge in [-0.15, -0.1) is 0 Å². The predicted octanol–water partition coefficient (Wildman–Crippen LogP) is 3.63. The molecule has 2 N–H and O–H groups in total. The highest BCUT2D eigenvalue weighted by molar-refractivity contribution is 6.07. The van der Waals surface area contributed by atoms with Crippen LogP contribution < -0.4 is 10.1 Å². The molecule has 0 aromatic heterocycles. The Morgan fingerprint density at radius 2 is 1.67 bits per heavy atom. The van der Waals surface area contributed by atoms with Crippen molar-refractivity contribution in [1.29, 1.82) is 0 Å². The number of aliphatic hydroxyl groups is 1. The Hall–Kier alpha value is -2.86. The van der Waals surface area contributed by atoms with Gasteiger partial charge >= 0.3 is 6.03 Å². The van der Waals surface area contributed by atoms with Gasteiger partial charge in [0.25, 0.3) is 5.91 Å². The van der Waals surface area contributed by atoms with Crippen LogP contribution in [0.3, 0.4) is 0 Å². The number of nitrogens with one attached hydrogen (secondary N) is 1. The van der Waals surface area contributed by atoms with Gasteiger partial charge < -0.3 is 15.2 Å². The average Bonchev–Trinajstić information content (AvgIpc) is 2.91. The second-order valence-electron chi connectivity index (χ2n) is 8.43. The van der Waals surface area contributed by atoms with E-state index < -0.39 is 17.7 Å². The van der Waals surface area contributed by atoms with E-state index in [2.05, 4.69) is 19.2 Å². The van der Waals surface area contributed by atoms with Crippen LogP contribution in [-0.4, -0.2) is 41.2 Å². The Balaban J connectivity index is 1.68. The van der Waals surface area contributed by atoms with E-state index in [4.69, 9.17) is 4.74 Å². The minimum Gasteiger partial charge on any atom is -0.490 e. The zero-order valence-corrected chi connectivity index (χ0v) is 18.2. The molecular formula is C24H30N2O4. The van der Waals surface area contributed by atoms with Gasteiger partial charge in [-0.1, -0.05) is 56.3 Å². The fourth-order valence-corrected chi connectivity index (χ4v) is 3.73. The minimum atomic E-state index is -1.15. The third-order valence-corrected chi connectivity index (χ3v) is 5.65. The van der Waals surface area contributed by atoms with E-state index in [0.29, 0.717) is 17.2 Å². The summed E-state index contributed by atoms with van der Waals surface area (Å²) >= 11 is 0. The summed E-state index contributed by atoms with van der Waals surface area (Å²) in [7, 11) is 0. The molecule has 0 radical (unpaired) electrons. The molecule has 6 nitrogen and oxygen atoms in total. The van der Waals surface area contributed by atoms with Crippen LogP contribution in [0.4, 0.5) is 4.79 Å². The summed E-state index contributed by atoms with van der Waals surface area (Å²) in [6, 6.07) is 13.0. The highest BCUT2D eigenvalue weighted by atomic mass is 16.5. The molecule has 1 heterocycles. The summed E-state index contributed by atoms with van der Waals surface area (Å²) in [5.74, 6) is 0.712. The third-order valence-electron chi connectivity index (χ3n) is 5.65. The second-order valence-corrected chi connectivity index (χ2v) is 8.43. The number of carbonyl (C=O) groups excluding carboxylic acids is 2. The third kappa shape index (κ3) is 4.19. The van der Waals surface area contributed by atoms with Gasteiger partial charge in [0.15, 0.2) is 0 Å². The van der Waals surface area contributed by atoms with Gasteiger partial charge in [0.2, 0.25) is 0 Å². The Bertz CT molecular complexity index is 918. The molecule has 160 valence electrons. The Morgan fingerprint density at radius 1 is 1.07 bits per heavy atom. The molecule has 1 saturated heterocycles. The van der Waals surface area contributed by atoms with Crippen molar-refractivity contribution in [1.82, 2.24) is 10.2 Å². The lowest BCUT2D eigenvalue weighted by Crippen LogP contribution is -2.42. The number of imide groups is 1. The molecule has 1 aliphatic rings. The number of β-amino-alcohol motifs (C(OH)–C–C–N with tert-alkyl or cyclic N) is 1. The molecule has 2 aromatic carbocycles. The van der Waals surface area contributed by atoms with Crippen LogP contribution in [0.5, 0.6) is 5.75 Å². The molecule has 0 saturated carbocycles. The van der Waals surface area contributed by atoms with Crippen molar-refractivity contribution < 1.29 is 19.4 Å². The van der Waals surface area contributed by atoms with Crippen molar-refractivity contribution in [3.05, 3.63) is 64.7 Å². The minimum absolute atomic E-state index is 0.0114. The summed E-state index contributed by atoms with van der Waals surface area (Å²) in [6.07, 6.45) is -0.996. The summed E-state index contributed by atoms with van der Waals surface area (Å²) in [6.45, 7) is 9.62. The lowest BCUT2D eigenvalue weighted by atomic mass is 9.90. The van der Waals surface area contributed by atoms with E-state index in [-0.39, 0.29) is 19.1 Å². The first-order valence-electron chi connectivity index (χ1n) is 10.2. The van der Waals surface area contributed by atoms with Crippen molar-refractivity contribution in [3.63, 3.8) is 0 Å². The molecule has 6 heteroatoms. The number of hydrogen-bond acceptors (Lipinski definition) is 4. The molecule has 2 aromatic rings. The fraction of sp³-hybridized carbons (Fsp3) is 0.417. The van der Waals surface area contributed by atoms with Crippen LogP contribution in [-0.2, 0) is 10.3 Å². The van der Waals surface area contributed by atoms with Gasteiger partial charge in [-0.25, -0.2) is 4.79 Å². The van der Waals surface area contributed by atoms with Crippen molar-refractivity contribution in [2.24, 2.45) is 0 Å². The molecular weight excluding hydrogens is 380 g/mol. The summed E-state index contributed by atoms with van der Waals surface area (Å²) in [5.41, 5.74) is 2.66. The number of benzene rings is 2. The van der Waals surface area contributed by atoms with Crippen LogP contribution in [0, 0.1) is 13.8 Å². The van der Waals surface area contributed by atoms with Gasteiger partial charge in [-0.2, -0.15) is 0 Å². The van der Waals surface area contributed by atoms with Crippen molar-refractivity contribution in [2.45, 2.75) is 52.2 Å². The molecule has 3 rings (SSSR count). The van der Waals surface area contributed by atoms with Gasteiger partial charge in [0.1, 0.15) is 24.0 Å². The number of rotatable bonds is 7. The zero-order valence-electron chi connectivity index (χ0n) is 18.2. The van der Waals surface area contributed by atoms with Gasteiger partial charge in [-0.3, -0.25) is 9.69 Å². The number of amides is 3. The molecule has 0 aliphatic carbocycles. The van der Waals surface area contributed by atoms with Crippen LogP contribution >= 0.6 is 0 Å². The van der Waals surface area contributed by atoms with Crippen molar-refractivity contribution in [3.8, 4) is 5.75 Å². The highest BCUT2D eigenvalue weighted by Gasteiger charge is 2.49. The van der Waals surface area contributed by atoms with E-state index in [0.717, 1.165) is 21.6 Å². The second kappa shape index (κ2) is 8.48. The summed E-state index contributed by atoms with van der Waals surface area (Å²) in [5, 5.41) is 13.2. The maximum absolute atomic E-state index is 13.1. The van der Waals surface area contributed by atoms with Crippen LogP contribution in [0.15, 0.2) is 42.5 Å². The maximum atomic E-state index is 13.1. The van der Waals surface area contributed by atoms with E-state index in [1.165, 1.54) is 0 Å². The number of urea groups is 1. The molecule has 3 amide bonds. The molecule has 0 spiro atoms. The highest BCUT2D eigenvalue weighted by Crippen LogP contribution is 2.30. The monoisotopic (exact) mass is 410 g/mol. The summed E-state index contributed by atoms with van der Waals surface area (Å²) < 4.78 is 5.76. The zero-order chi connectivity index (χ0) is 22.1. The standard InChI is InChI=1S/C24H30N2O4/c1-15(2)18-9-11-19(12-10-18)24(5)22(28)26(23(29)25-24)13-20(27)14-30-21-16(3)7-6-8-17(21)4/h6-12,15,20,27H,13-14H2,1-5H3,(H,25,29)/t20-,24-/m0/s1. The predicted molar refractivity (Wildman–Crippen MR) is 116 cm³/mol. The van der Waals surface area contributed by atoms with Crippen molar-refractivity contribution >= 4 is 11.9 Å². The number of aryl methyl sites for hydroxylation is 2.